The van der Waals surface area contributed by atoms with Gasteiger partial charge in [0.05, 0.1) is 6.61 Å². The Morgan fingerprint density at radius 3 is 1.26 bits per heavy atom. The molecule has 2 aliphatic heterocycles. The lowest BCUT2D eigenvalue weighted by molar-refractivity contribution is -0.172. The van der Waals surface area contributed by atoms with Gasteiger partial charge < -0.3 is 14.9 Å². The van der Waals surface area contributed by atoms with E-state index in [1.54, 1.807) is 0 Å². The molecule has 2 heterocycles. The van der Waals surface area contributed by atoms with Gasteiger partial charge in [0.1, 0.15) is 6.61 Å². The minimum Gasteiger partial charge on any atom is -0.450 e. The molecule has 0 unspecified atom stereocenters. The topological polar surface area (TPSA) is 182 Å². The zero-order chi connectivity index (χ0) is 18.0. The molecule has 0 aliphatic carbocycles. The van der Waals surface area contributed by atoms with Crippen LogP contribution in [0.15, 0.2) is 0 Å². The Bertz CT molecular complexity index is 411. The zero-order valence-electron chi connectivity index (χ0n) is 11.9. The summed E-state index contributed by atoms with van der Waals surface area (Å²) in [5.41, 5.74) is 0. The van der Waals surface area contributed by atoms with Gasteiger partial charge in [0, 0.05) is 25.7 Å². The second-order valence-corrected chi connectivity index (χ2v) is 4.04. The van der Waals surface area contributed by atoms with Crippen LogP contribution in [-0.4, -0.2) is 73.8 Å². The maximum atomic E-state index is 10.2. The van der Waals surface area contributed by atoms with Crippen molar-refractivity contribution in [2.75, 3.05) is 13.2 Å². The molecule has 0 aromatic carbocycles. The van der Waals surface area contributed by atoms with Crippen LogP contribution in [0.2, 0.25) is 0 Å². The number of rotatable bonds is 2. The van der Waals surface area contributed by atoms with E-state index < -0.39 is 29.8 Å². The summed E-state index contributed by atoms with van der Waals surface area (Å²) >= 11 is 0. The van der Waals surface area contributed by atoms with Crippen LogP contribution < -0.4 is 0 Å². The molecule has 130 valence electrons. The summed E-state index contributed by atoms with van der Waals surface area (Å²) in [4.78, 5) is 50.4. The minimum atomic E-state index is -1.35. The lowest BCUT2D eigenvalue weighted by Crippen LogP contribution is -2.24. The summed E-state index contributed by atoms with van der Waals surface area (Å²) in [6.45, 7) is -0.401. The number of hydrogen-bond acceptors (Lipinski definition) is 9. The molecule has 0 radical (unpaired) electrons. The molecule has 0 atom stereocenters. The third-order valence-electron chi connectivity index (χ3n) is 2.37. The van der Waals surface area contributed by atoms with Crippen LogP contribution in [0.4, 0.5) is 4.79 Å². The first-order valence-electron chi connectivity index (χ1n) is 6.26. The molecule has 2 aliphatic rings. The molecule has 12 heteroatoms. The van der Waals surface area contributed by atoms with E-state index >= 15 is 0 Å². The smallest absolute Gasteiger partial charge is 0.450 e. The van der Waals surface area contributed by atoms with E-state index in [2.05, 4.69) is 4.74 Å². The van der Waals surface area contributed by atoms with Crippen molar-refractivity contribution in [3.63, 3.8) is 0 Å². The summed E-state index contributed by atoms with van der Waals surface area (Å²) < 4.78 is 3.86. The number of carbonyl (C=O) groups excluding carboxylic acids is 4. The molecule has 0 aromatic heterocycles. The highest BCUT2D eigenvalue weighted by atomic mass is 16.7. The molecule has 2 rings (SSSR count). The Kier molecular flexibility index (Phi) is 9.07. The zero-order valence-corrected chi connectivity index (χ0v) is 11.9. The van der Waals surface area contributed by atoms with Gasteiger partial charge in [-0.1, -0.05) is 0 Å². The third-order valence-corrected chi connectivity index (χ3v) is 2.37. The van der Waals surface area contributed by atoms with Crippen molar-refractivity contribution in [3.8, 4) is 0 Å². The first-order chi connectivity index (χ1) is 10.7. The standard InChI is InChI=1S/2C4H5NO3.C3H6O4/c2*6-3-1-2-4(7)5(3)8;4-1-2-7-3(5)6/h2*8H,1-2H2;4H,1-2H2,(H,5,6). The van der Waals surface area contributed by atoms with Crippen LogP contribution in [0.5, 0.6) is 0 Å². The fourth-order valence-electron chi connectivity index (χ4n) is 1.26. The number of hydrogen-bond donors (Lipinski definition) is 4. The highest BCUT2D eigenvalue weighted by molar-refractivity contribution is 6.00. The molecular weight excluding hydrogens is 320 g/mol. The number of ether oxygens (including phenoxy) is 1. The number of imide groups is 2. The maximum absolute atomic E-state index is 10.2. The van der Waals surface area contributed by atoms with Crippen molar-refractivity contribution in [1.29, 1.82) is 0 Å². The van der Waals surface area contributed by atoms with E-state index in [-0.39, 0.29) is 49.0 Å². The highest BCUT2D eigenvalue weighted by Gasteiger charge is 2.27. The molecule has 0 spiro atoms. The first-order valence-corrected chi connectivity index (χ1v) is 6.26. The summed E-state index contributed by atoms with van der Waals surface area (Å²) in [5.74, 6) is -2.02. The summed E-state index contributed by atoms with van der Waals surface area (Å²) in [6.07, 6.45) is -0.760. The number of hydroxylamine groups is 4. The predicted molar refractivity (Wildman–Crippen MR) is 66.8 cm³/mol. The van der Waals surface area contributed by atoms with E-state index in [9.17, 15) is 24.0 Å². The van der Waals surface area contributed by atoms with E-state index in [1.807, 2.05) is 0 Å². The quantitative estimate of drug-likeness (QED) is 0.269. The van der Waals surface area contributed by atoms with Crippen molar-refractivity contribution >= 4 is 29.8 Å². The minimum absolute atomic E-state index is 0.144. The fourth-order valence-corrected chi connectivity index (χ4v) is 1.26. The molecule has 0 saturated carbocycles. The first kappa shape index (κ1) is 20.4. The maximum Gasteiger partial charge on any atom is 0.505 e. The monoisotopic (exact) mass is 336 g/mol. The summed E-state index contributed by atoms with van der Waals surface area (Å²) in [5, 5.41) is 32.8. The number of nitrogens with zero attached hydrogens (tertiary/aromatic N) is 2. The predicted octanol–water partition coefficient (Wildman–Crippen LogP) is -1.28. The van der Waals surface area contributed by atoms with Crippen LogP contribution in [0.3, 0.4) is 0 Å². The third kappa shape index (κ3) is 7.85. The van der Waals surface area contributed by atoms with Gasteiger partial charge in [-0.2, -0.15) is 10.1 Å². The van der Waals surface area contributed by atoms with Gasteiger partial charge in [0.2, 0.25) is 0 Å². The van der Waals surface area contributed by atoms with Crippen LogP contribution in [0, 0.1) is 0 Å². The van der Waals surface area contributed by atoms with Gasteiger partial charge >= 0.3 is 6.16 Å². The number of amides is 4. The number of aliphatic hydroxyl groups excluding tert-OH is 1. The Morgan fingerprint density at radius 2 is 1.17 bits per heavy atom. The van der Waals surface area contributed by atoms with Crippen LogP contribution in [-0.2, 0) is 23.9 Å². The Morgan fingerprint density at radius 1 is 0.870 bits per heavy atom. The van der Waals surface area contributed by atoms with Crippen molar-refractivity contribution < 1.29 is 49.3 Å². The van der Waals surface area contributed by atoms with Gasteiger partial charge in [0.15, 0.2) is 0 Å². The van der Waals surface area contributed by atoms with Gasteiger partial charge in [-0.15, -0.1) is 0 Å². The average molecular weight is 336 g/mol. The molecule has 4 amide bonds. The Hall–Kier alpha value is -2.57. The second-order valence-electron chi connectivity index (χ2n) is 4.04. The van der Waals surface area contributed by atoms with Gasteiger partial charge in [-0.3, -0.25) is 29.6 Å². The molecule has 0 bridgehead atoms. The number of carboxylic acid groups (broad SMARTS) is 1. The van der Waals surface area contributed by atoms with E-state index in [1.165, 1.54) is 0 Å². The lowest BCUT2D eigenvalue weighted by atomic mass is 10.4. The number of carbonyl (C=O) groups is 5. The van der Waals surface area contributed by atoms with Gasteiger partial charge in [-0.05, 0) is 0 Å². The van der Waals surface area contributed by atoms with E-state index in [4.69, 9.17) is 20.6 Å². The van der Waals surface area contributed by atoms with Crippen molar-refractivity contribution in [2.45, 2.75) is 25.7 Å². The van der Waals surface area contributed by atoms with Crippen LogP contribution >= 0.6 is 0 Å². The van der Waals surface area contributed by atoms with Crippen molar-refractivity contribution in [3.05, 3.63) is 0 Å². The number of aliphatic hydroxyl groups is 1. The molecular formula is C11H16N2O10. The average Bonchev–Trinajstić information content (AvgIpc) is 2.96. The Balaban J connectivity index is 0.000000317. The van der Waals surface area contributed by atoms with E-state index in [0.717, 1.165) is 0 Å². The highest BCUT2D eigenvalue weighted by Crippen LogP contribution is 2.07. The molecule has 23 heavy (non-hydrogen) atoms. The van der Waals surface area contributed by atoms with Crippen LogP contribution in [0.1, 0.15) is 25.7 Å². The normalized spacial score (nSPS) is 16.7. The van der Waals surface area contributed by atoms with Crippen molar-refractivity contribution in [1.82, 2.24) is 10.1 Å². The van der Waals surface area contributed by atoms with Crippen molar-refractivity contribution in [2.24, 2.45) is 0 Å². The second kappa shape index (κ2) is 10.2. The molecule has 4 N–H and O–H groups in total. The lowest BCUT2D eigenvalue weighted by Gasteiger charge is -1.98. The molecule has 2 fully saturated rings. The van der Waals surface area contributed by atoms with E-state index in [0.29, 0.717) is 0 Å². The SMILES string of the molecule is O=C(O)OCCO.O=C1CCC(=O)N1O.O=C1CCC(=O)N1O. The molecule has 12 nitrogen and oxygen atoms in total. The van der Waals surface area contributed by atoms with Gasteiger partial charge in [-0.25, -0.2) is 4.79 Å². The fraction of sp³-hybridized carbons (Fsp3) is 0.545. The Labute approximate surface area is 129 Å². The van der Waals surface area contributed by atoms with Gasteiger partial charge in [0.25, 0.3) is 23.6 Å². The molecule has 0 aromatic rings. The molecule has 2 saturated heterocycles. The summed E-state index contributed by atoms with van der Waals surface area (Å²) in [6, 6.07) is 0. The largest absolute Gasteiger partial charge is 0.505 e. The summed E-state index contributed by atoms with van der Waals surface area (Å²) in [7, 11) is 0. The van der Waals surface area contributed by atoms with Crippen LogP contribution in [0.25, 0.3) is 0 Å².